The highest BCUT2D eigenvalue weighted by atomic mass is 35.5. The van der Waals surface area contributed by atoms with E-state index in [1.807, 2.05) is 11.6 Å². The maximum Gasteiger partial charge on any atom is 0.159 e. The summed E-state index contributed by atoms with van der Waals surface area (Å²) in [6.07, 6.45) is 0. The van der Waals surface area contributed by atoms with Crippen LogP contribution in [0.1, 0.15) is 23.3 Å². The molecule has 0 aliphatic carbocycles. The average molecular weight is 295 g/mol. The Kier molecular flexibility index (Phi) is 3.33. The van der Waals surface area contributed by atoms with Crippen LogP contribution in [0.2, 0.25) is 0 Å². The van der Waals surface area contributed by atoms with Crippen LogP contribution in [0, 0.1) is 6.92 Å². The molecule has 0 bridgehead atoms. The van der Waals surface area contributed by atoms with Crippen LogP contribution >= 0.6 is 22.9 Å². The Morgan fingerprint density at radius 3 is 2.89 bits per heavy atom. The van der Waals surface area contributed by atoms with Crippen molar-refractivity contribution in [3.05, 3.63) is 33.9 Å². The number of hydrogen-bond donors (Lipinski definition) is 0. The molecule has 0 saturated heterocycles. The number of thiophene rings is 1. The quantitative estimate of drug-likeness (QED) is 0.691. The molecule has 0 aromatic carbocycles. The van der Waals surface area contributed by atoms with Crippen molar-refractivity contribution >= 4 is 34.1 Å². The molecule has 0 N–H and O–H groups in total. The lowest BCUT2D eigenvalue weighted by atomic mass is 10.4. The number of alkyl halides is 1. The van der Waals surface area contributed by atoms with Gasteiger partial charge in [-0.15, -0.1) is 22.9 Å². The molecule has 3 aromatic rings. The third-order valence-electron chi connectivity index (χ3n) is 3.19. The van der Waals surface area contributed by atoms with Gasteiger partial charge in [0.25, 0.3) is 0 Å². The Morgan fingerprint density at radius 2 is 2.26 bits per heavy atom. The summed E-state index contributed by atoms with van der Waals surface area (Å²) in [5.74, 6) is 1.33. The minimum absolute atomic E-state index is 0.420. The van der Waals surface area contributed by atoms with Crippen LogP contribution in [0.4, 0.5) is 0 Å². The van der Waals surface area contributed by atoms with Crippen molar-refractivity contribution in [3.8, 4) is 0 Å². The highest BCUT2D eigenvalue weighted by Crippen LogP contribution is 2.23. The first-order valence-electron chi connectivity index (χ1n) is 6.25. The van der Waals surface area contributed by atoms with Gasteiger partial charge >= 0.3 is 0 Å². The van der Waals surface area contributed by atoms with Gasteiger partial charge in [-0.05, 0) is 25.3 Å². The van der Waals surface area contributed by atoms with Crippen LogP contribution in [-0.4, -0.2) is 19.3 Å². The van der Waals surface area contributed by atoms with Crippen LogP contribution in [0.3, 0.4) is 0 Å². The summed E-state index contributed by atoms with van der Waals surface area (Å²) in [5, 5.41) is 6.62. The van der Waals surface area contributed by atoms with E-state index >= 15 is 0 Å². The number of aromatic nitrogens is 4. The van der Waals surface area contributed by atoms with Crippen LogP contribution in [0.5, 0.6) is 0 Å². The Labute approximate surface area is 120 Å². The van der Waals surface area contributed by atoms with E-state index in [0.29, 0.717) is 5.88 Å². The van der Waals surface area contributed by atoms with Gasteiger partial charge in [0.1, 0.15) is 11.3 Å². The van der Waals surface area contributed by atoms with E-state index < -0.39 is 0 Å². The molecule has 100 valence electrons. The molecule has 0 amide bonds. The Morgan fingerprint density at radius 1 is 1.42 bits per heavy atom. The minimum Gasteiger partial charge on any atom is -0.307 e. The van der Waals surface area contributed by atoms with Crippen LogP contribution in [0.15, 0.2) is 17.5 Å². The van der Waals surface area contributed by atoms with Crippen molar-refractivity contribution in [2.45, 2.75) is 32.8 Å². The van der Waals surface area contributed by atoms with Gasteiger partial charge in [0, 0.05) is 11.4 Å². The fourth-order valence-corrected chi connectivity index (χ4v) is 3.21. The average Bonchev–Trinajstić information content (AvgIpc) is 3.09. The van der Waals surface area contributed by atoms with Gasteiger partial charge in [-0.2, -0.15) is 5.10 Å². The topological polar surface area (TPSA) is 35.6 Å². The van der Waals surface area contributed by atoms with Gasteiger partial charge in [-0.25, -0.2) is 9.67 Å². The third kappa shape index (κ3) is 2.07. The monoisotopic (exact) mass is 294 g/mol. The zero-order valence-corrected chi connectivity index (χ0v) is 12.5. The number of rotatable bonds is 4. The third-order valence-corrected chi connectivity index (χ3v) is 4.29. The normalized spacial score (nSPS) is 11.5. The lowest BCUT2D eigenvalue weighted by Gasteiger charge is -2.07. The summed E-state index contributed by atoms with van der Waals surface area (Å²) in [4.78, 5) is 5.93. The van der Waals surface area contributed by atoms with E-state index in [9.17, 15) is 0 Å². The van der Waals surface area contributed by atoms with Crippen molar-refractivity contribution < 1.29 is 0 Å². The lowest BCUT2D eigenvalue weighted by Crippen LogP contribution is -2.08. The smallest absolute Gasteiger partial charge is 0.159 e. The van der Waals surface area contributed by atoms with Crippen molar-refractivity contribution in [2.75, 3.05) is 0 Å². The molecule has 0 spiro atoms. The number of halogens is 1. The number of imidazole rings is 1. The maximum atomic E-state index is 6.04. The number of hydrogen-bond acceptors (Lipinski definition) is 3. The van der Waals surface area contributed by atoms with E-state index in [1.54, 1.807) is 11.3 Å². The van der Waals surface area contributed by atoms with Gasteiger partial charge in [-0.1, -0.05) is 6.07 Å². The zero-order chi connectivity index (χ0) is 13.4. The number of fused-ring (bicyclic) bond motifs is 1. The van der Waals surface area contributed by atoms with E-state index in [4.69, 9.17) is 11.6 Å². The fraction of sp³-hybridized carbons (Fsp3) is 0.385. The molecule has 3 heterocycles. The standard InChI is InChI=1S/C13H15ClN4S/c1-3-18-13-12(9(2)16-18)15-11(7-14)17(13)8-10-5-4-6-19-10/h4-6H,3,7-8H2,1-2H3. The maximum absolute atomic E-state index is 6.04. The van der Waals surface area contributed by atoms with Crippen molar-refractivity contribution in [1.29, 1.82) is 0 Å². The molecule has 4 nitrogen and oxygen atoms in total. The molecule has 19 heavy (non-hydrogen) atoms. The zero-order valence-electron chi connectivity index (χ0n) is 10.9. The second kappa shape index (κ2) is 4.98. The SMILES string of the molecule is CCn1nc(C)c2nc(CCl)n(Cc3cccs3)c21. The number of aryl methyl sites for hydroxylation is 2. The Balaban J connectivity index is 2.19. The first kappa shape index (κ1) is 12.7. The Bertz CT molecular complexity index is 696. The molecule has 0 unspecified atom stereocenters. The molecular weight excluding hydrogens is 280 g/mol. The van der Waals surface area contributed by atoms with Gasteiger partial charge in [0.2, 0.25) is 0 Å². The van der Waals surface area contributed by atoms with Crippen LogP contribution in [-0.2, 0) is 19.0 Å². The van der Waals surface area contributed by atoms with Gasteiger partial charge in [0.15, 0.2) is 5.65 Å². The number of nitrogens with zero attached hydrogens (tertiary/aromatic N) is 4. The van der Waals surface area contributed by atoms with Crippen LogP contribution in [0.25, 0.3) is 11.2 Å². The summed E-state index contributed by atoms with van der Waals surface area (Å²) in [5.41, 5.74) is 3.01. The first-order chi connectivity index (χ1) is 9.24. The molecule has 0 fully saturated rings. The molecule has 3 rings (SSSR count). The molecule has 0 aliphatic heterocycles. The first-order valence-corrected chi connectivity index (χ1v) is 7.66. The Hall–Kier alpha value is -1.33. The predicted molar refractivity (Wildman–Crippen MR) is 78.9 cm³/mol. The van der Waals surface area contributed by atoms with Crippen LogP contribution < -0.4 is 0 Å². The molecule has 0 saturated carbocycles. The largest absolute Gasteiger partial charge is 0.307 e. The predicted octanol–water partition coefficient (Wildman–Crippen LogP) is 3.41. The van der Waals surface area contributed by atoms with Gasteiger partial charge in [0.05, 0.1) is 18.1 Å². The molecular formula is C13H15ClN4S. The van der Waals surface area contributed by atoms with E-state index in [0.717, 1.165) is 35.8 Å². The molecule has 0 radical (unpaired) electrons. The molecule has 0 atom stereocenters. The van der Waals surface area contributed by atoms with Crippen molar-refractivity contribution in [1.82, 2.24) is 19.3 Å². The lowest BCUT2D eigenvalue weighted by molar-refractivity contribution is 0.640. The van der Waals surface area contributed by atoms with E-state index in [-0.39, 0.29) is 0 Å². The van der Waals surface area contributed by atoms with E-state index in [2.05, 4.69) is 39.1 Å². The molecule has 6 heteroatoms. The van der Waals surface area contributed by atoms with Gasteiger partial charge in [-0.3, -0.25) is 0 Å². The fourth-order valence-electron chi connectivity index (χ4n) is 2.32. The minimum atomic E-state index is 0.420. The highest BCUT2D eigenvalue weighted by Gasteiger charge is 2.17. The summed E-state index contributed by atoms with van der Waals surface area (Å²) >= 11 is 7.79. The van der Waals surface area contributed by atoms with Crippen molar-refractivity contribution in [2.24, 2.45) is 0 Å². The second-order valence-electron chi connectivity index (χ2n) is 4.40. The highest BCUT2D eigenvalue weighted by molar-refractivity contribution is 7.09. The summed E-state index contributed by atoms with van der Waals surface area (Å²) in [7, 11) is 0. The molecule has 3 aromatic heterocycles. The van der Waals surface area contributed by atoms with Gasteiger partial charge < -0.3 is 4.57 Å². The summed E-state index contributed by atoms with van der Waals surface area (Å²) in [6.45, 7) is 5.73. The second-order valence-corrected chi connectivity index (χ2v) is 5.70. The van der Waals surface area contributed by atoms with E-state index in [1.165, 1.54) is 4.88 Å². The molecule has 0 aliphatic rings. The summed E-state index contributed by atoms with van der Waals surface area (Å²) < 4.78 is 4.18. The summed E-state index contributed by atoms with van der Waals surface area (Å²) in [6, 6.07) is 4.20. The van der Waals surface area contributed by atoms with Crippen molar-refractivity contribution in [3.63, 3.8) is 0 Å².